The Morgan fingerprint density at radius 2 is 2.11 bits per heavy atom. The van der Waals surface area contributed by atoms with Gasteiger partial charge in [0.25, 0.3) is 0 Å². The predicted molar refractivity (Wildman–Crippen MR) is 78.9 cm³/mol. The fourth-order valence-electron chi connectivity index (χ4n) is 2.27. The smallest absolute Gasteiger partial charge is 0.0640 e. The maximum atomic E-state index is 8.79. The van der Waals surface area contributed by atoms with Crippen molar-refractivity contribution in [2.45, 2.75) is 26.3 Å². The number of hydrogen-bond acceptors (Lipinski definition) is 4. The number of benzene rings is 1. The molecular weight excluding hydrogens is 236 g/mol. The molecule has 0 aliphatic rings. The lowest BCUT2D eigenvalue weighted by Gasteiger charge is -2.29. The summed E-state index contributed by atoms with van der Waals surface area (Å²) in [4.78, 5) is 6.36. The number of fused-ring (bicyclic) bond motifs is 1. The maximum Gasteiger partial charge on any atom is 0.0640 e. The SMILES string of the molecule is CC(C)N(CCC#N)c1ccc(N)c2cnccc12. The summed E-state index contributed by atoms with van der Waals surface area (Å²) in [6.45, 7) is 4.97. The van der Waals surface area contributed by atoms with E-state index < -0.39 is 0 Å². The summed E-state index contributed by atoms with van der Waals surface area (Å²) in [5.41, 5.74) is 7.83. The van der Waals surface area contributed by atoms with Crippen LogP contribution in [0.4, 0.5) is 11.4 Å². The summed E-state index contributed by atoms with van der Waals surface area (Å²) in [6.07, 6.45) is 4.07. The van der Waals surface area contributed by atoms with Crippen molar-refractivity contribution in [2.75, 3.05) is 17.2 Å². The van der Waals surface area contributed by atoms with Crippen LogP contribution in [0.25, 0.3) is 10.8 Å². The number of nitrogen functional groups attached to an aromatic ring is 1. The lowest BCUT2D eigenvalue weighted by Crippen LogP contribution is -2.31. The summed E-state index contributed by atoms with van der Waals surface area (Å²) in [6, 6.07) is 8.43. The van der Waals surface area contributed by atoms with Gasteiger partial charge in [-0.3, -0.25) is 4.98 Å². The van der Waals surface area contributed by atoms with Gasteiger partial charge in [-0.2, -0.15) is 5.26 Å². The summed E-state index contributed by atoms with van der Waals surface area (Å²) >= 11 is 0. The molecule has 0 aliphatic carbocycles. The molecule has 0 amide bonds. The third-order valence-electron chi connectivity index (χ3n) is 3.23. The average Bonchev–Trinajstić information content (AvgIpc) is 2.41. The molecule has 1 heterocycles. The van der Waals surface area contributed by atoms with E-state index in [2.05, 4.69) is 29.8 Å². The largest absolute Gasteiger partial charge is 0.398 e. The zero-order valence-electron chi connectivity index (χ0n) is 11.3. The first-order chi connectivity index (χ1) is 9.15. The van der Waals surface area contributed by atoms with Crippen LogP contribution in [0, 0.1) is 11.3 Å². The highest BCUT2D eigenvalue weighted by atomic mass is 15.1. The lowest BCUT2D eigenvalue weighted by molar-refractivity contribution is 0.689. The highest BCUT2D eigenvalue weighted by molar-refractivity contribution is 6.00. The van der Waals surface area contributed by atoms with E-state index in [1.165, 1.54) is 0 Å². The molecule has 0 atom stereocenters. The molecule has 0 radical (unpaired) electrons. The Labute approximate surface area is 113 Å². The zero-order chi connectivity index (χ0) is 13.8. The molecule has 0 aliphatic heterocycles. The molecule has 0 unspecified atom stereocenters. The topological polar surface area (TPSA) is 65.9 Å². The number of anilines is 2. The number of pyridine rings is 1. The van der Waals surface area contributed by atoms with Crippen LogP contribution < -0.4 is 10.6 Å². The molecule has 2 rings (SSSR count). The fraction of sp³-hybridized carbons (Fsp3) is 0.333. The minimum absolute atomic E-state index is 0.327. The molecule has 0 spiro atoms. The van der Waals surface area contributed by atoms with Gasteiger partial charge in [-0.1, -0.05) is 0 Å². The third-order valence-corrected chi connectivity index (χ3v) is 3.23. The fourth-order valence-corrected chi connectivity index (χ4v) is 2.27. The number of nitrogens with zero attached hydrogens (tertiary/aromatic N) is 3. The quantitative estimate of drug-likeness (QED) is 0.852. The molecule has 2 aromatic rings. The van der Waals surface area contributed by atoms with Crippen LogP contribution in [0.2, 0.25) is 0 Å². The number of nitrogens with two attached hydrogens (primary N) is 1. The van der Waals surface area contributed by atoms with Crippen LogP contribution in [0.5, 0.6) is 0 Å². The standard InChI is InChI=1S/C15H18N4/c1-11(2)19(9-3-7-16)15-5-4-14(17)13-10-18-8-6-12(13)15/h4-6,8,10-11H,3,9,17H2,1-2H3. The van der Waals surface area contributed by atoms with E-state index in [1.54, 1.807) is 12.4 Å². The van der Waals surface area contributed by atoms with Gasteiger partial charge in [-0.15, -0.1) is 0 Å². The van der Waals surface area contributed by atoms with Gasteiger partial charge in [0.1, 0.15) is 0 Å². The van der Waals surface area contributed by atoms with Crippen molar-refractivity contribution >= 4 is 22.1 Å². The Balaban J connectivity index is 2.54. The van der Waals surface area contributed by atoms with E-state index in [9.17, 15) is 0 Å². The Hall–Kier alpha value is -2.28. The van der Waals surface area contributed by atoms with Gasteiger partial charge >= 0.3 is 0 Å². The van der Waals surface area contributed by atoms with Crippen molar-refractivity contribution in [3.8, 4) is 6.07 Å². The molecule has 0 saturated heterocycles. The molecule has 98 valence electrons. The molecule has 19 heavy (non-hydrogen) atoms. The maximum absolute atomic E-state index is 8.79. The Kier molecular flexibility index (Phi) is 3.86. The second kappa shape index (κ2) is 5.57. The number of rotatable bonds is 4. The number of hydrogen-bond donors (Lipinski definition) is 1. The predicted octanol–water partition coefficient (Wildman–Crippen LogP) is 2.95. The van der Waals surface area contributed by atoms with Gasteiger partial charge in [0, 0.05) is 47.1 Å². The summed E-state index contributed by atoms with van der Waals surface area (Å²) in [5, 5.41) is 10.8. The monoisotopic (exact) mass is 254 g/mol. The van der Waals surface area contributed by atoms with Crippen molar-refractivity contribution < 1.29 is 0 Å². The highest BCUT2D eigenvalue weighted by Gasteiger charge is 2.14. The first-order valence-corrected chi connectivity index (χ1v) is 6.41. The number of nitriles is 1. The van der Waals surface area contributed by atoms with Gasteiger partial charge in [-0.25, -0.2) is 0 Å². The van der Waals surface area contributed by atoms with Crippen LogP contribution in [0.1, 0.15) is 20.3 Å². The van der Waals surface area contributed by atoms with Crippen LogP contribution in [-0.2, 0) is 0 Å². The van der Waals surface area contributed by atoms with Crippen LogP contribution >= 0.6 is 0 Å². The van der Waals surface area contributed by atoms with Gasteiger partial charge in [0.05, 0.1) is 12.5 Å². The van der Waals surface area contributed by atoms with Gasteiger partial charge in [0.15, 0.2) is 0 Å². The Morgan fingerprint density at radius 3 is 2.79 bits per heavy atom. The normalized spacial score (nSPS) is 10.6. The minimum atomic E-state index is 0.327. The van der Waals surface area contributed by atoms with E-state index in [0.717, 1.165) is 28.7 Å². The van der Waals surface area contributed by atoms with E-state index in [-0.39, 0.29) is 0 Å². The first-order valence-electron chi connectivity index (χ1n) is 6.41. The minimum Gasteiger partial charge on any atom is -0.398 e. The summed E-state index contributed by atoms with van der Waals surface area (Å²) < 4.78 is 0. The second-order valence-corrected chi connectivity index (χ2v) is 4.79. The van der Waals surface area contributed by atoms with Crippen molar-refractivity contribution in [3.63, 3.8) is 0 Å². The second-order valence-electron chi connectivity index (χ2n) is 4.79. The van der Waals surface area contributed by atoms with Crippen LogP contribution in [0.3, 0.4) is 0 Å². The van der Waals surface area contributed by atoms with Gasteiger partial charge < -0.3 is 10.6 Å². The molecule has 0 bridgehead atoms. The third kappa shape index (κ3) is 2.60. The summed E-state index contributed by atoms with van der Waals surface area (Å²) in [7, 11) is 0. The summed E-state index contributed by atoms with van der Waals surface area (Å²) in [5.74, 6) is 0. The van der Waals surface area contributed by atoms with Crippen molar-refractivity contribution in [1.82, 2.24) is 4.98 Å². The van der Waals surface area contributed by atoms with E-state index in [0.29, 0.717) is 12.5 Å². The molecule has 4 nitrogen and oxygen atoms in total. The number of aromatic nitrogens is 1. The van der Waals surface area contributed by atoms with E-state index in [1.807, 2.05) is 18.2 Å². The molecule has 0 saturated carbocycles. The molecule has 1 aromatic heterocycles. The van der Waals surface area contributed by atoms with Crippen molar-refractivity contribution in [3.05, 3.63) is 30.6 Å². The van der Waals surface area contributed by atoms with E-state index in [4.69, 9.17) is 11.0 Å². The van der Waals surface area contributed by atoms with Gasteiger partial charge in [-0.05, 0) is 32.0 Å². The molecule has 1 aromatic carbocycles. The molecular formula is C15H18N4. The van der Waals surface area contributed by atoms with E-state index >= 15 is 0 Å². The Bertz CT molecular complexity index is 613. The van der Waals surface area contributed by atoms with Crippen molar-refractivity contribution in [1.29, 1.82) is 5.26 Å². The zero-order valence-corrected chi connectivity index (χ0v) is 11.3. The Morgan fingerprint density at radius 1 is 1.32 bits per heavy atom. The lowest BCUT2D eigenvalue weighted by atomic mass is 10.1. The first kappa shape index (κ1) is 13.2. The average molecular weight is 254 g/mol. The van der Waals surface area contributed by atoms with Crippen molar-refractivity contribution in [2.24, 2.45) is 0 Å². The highest BCUT2D eigenvalue weighted by Crippen LogP contribution is 2.31. The van der Waals surface area contributed by atoms with Gasteiger partial charge in [0.2, 0.25) is 0 Å². The molecule has 2 N–H and O–H groups in total. The van der Waals surface area contributed by atoms with Crippen LogP contribution in [0.15, 0.2) is 30.6 Å². The molecule has 4 heteroatoms. The van der Waals surface area contributed by atoms with Crippen LogP contribution in [-0.4, -0.2) is 17.6 Å². The molecule has 0 fully saturated rings.